The zero-order valence-electron chi connectivity index (χ0n) is 13.9. The molecule has 4 aliphatic heterocycles. The highest BCUT2D eigenvalue weighted by atomic mass is 16.3. The first-order chi connectivity index (χ1) is 11.0. The molecular weight excluding hydrogens is 284 g/mol. The van der Waals surface area contributed by atoms with E-state index >= 15 is 0 Å². The summed E-state index contributed by atoms with van der Waals surface area (Å²) in [4.78, 5) is 5.20. The molecule has 1 N–H and O–H groups in total. The van der Waals surface area contributed by atoms with Crippen molar-refractivity contribution in [3.05, 3.63) is 48.0 Å². The Bertz CT molecular complexity index is 743. The van der Waals surface area contributed by atoms with Crippen molar-refractivity contribution in [2.45, 2.75) is 26.1 Å². The van der Waals surface area contributed by atoms with Crippen LogP contribution in [0.3, 0.4) is 0 Å². The third kappa shape index (κ3) is 1.76. The molecule has 120 valence electrons. The highest BCUT2D eigenvalue weighted by molar-refractivity contribution is 5.86. The molecule has 0 atom stereocenters. The highest BCUT2D eigenvalue weighted by Gasteiger charge is 2.61. The second-order valence-corrected chi connectivity index (χ2v) is 8.46. The van der Waals surface area contributed by atoms with Crippen LogP contribution in [0, 0.1) is 10.8 Å². The van der Waals surface area contributed by atoms with Crippen molar-refractivity contribution in [3.63, 3.8) is 0 Å². The smallest absolute Gasteiger partial charge is 0.0893 e. The van der Waals surface area contributed by atoms with Crippen LogP contribution in [0.5, 0.6) is 0 Å². The van der Waals surface area contributed by atoms with Gasteiger partial charge in [0.1, 0.15) is 0 Å². The van der Waals surface area contributed by atoms with Gasteiger partial charge in [-0.15, -0.1) is 0 Å². The molecular formula is C20H24N2O. The molecule has 4 fully saturated rings. The molecule has 3 heteroatoms. The van der Waals surface area contributed by atoms with Gasteiger partial charge in [-0.2, -0.15) is 0 Å². The number of rotatable bonds is 1. The molecule has 4 aliphatic rings. The van der Waals surface area contributed by atoms with Gasteiger partial charge in [0.2, 0.25) is 0 Å². The second-order valence-electron chi connectivity index (χ2n) is 8.46. The Kier molecular flexibility index (Phi) is 2.64. The average Bonchev–Trinajstić information content (AvgIpc) is 2.51. The summed E-state index contributed by atoms with van der Waals surface area (Å²) in [7, 11) is 0. The van der Waals surface area contributed by atoms with Crippen molar-refractivity contribution >= 4 is 10.8 Å². The average molecular weight is 308 g/mol. The van der Waals surface area contributed by atoms with Crippen molar-refractivity contribution in [3.8, 4) is 0 Å². The predicted molar refractivity (Wildman–Crippen MR) is 92.1 cm³/mol. The normalized spacial score (nSPS) is 44.8. The maximum atomic E-state index is 10.8. The molecule has 2 aromatic carbocycles. The predicted octanol–water partition coefficient (Wildman–Crippen LogP) is 2.86. The lowest BCUT2D eigenvalue weighted by Crippen LogP contribution is -2.76. The summed E-state index contributed by atoms with van der Waals surface area (Å²) in [5.74, 6) is 0. The zero-order valence-corrected chi connectivity index (χ0v) is 13.9. The van der Waals surface area contributed by atoms with Gasteiger partial charge < -0.3 is 5.11 Å². The minimum absolute atomic E-state index is 0.00628. The molecule has 2 aromatic rings. The highest BCUT2D eigenvalue weighted by Crippen LogP contribution is 2.54. The molecule has 3 nitrogen and oxygen atoms in total. The van der Waals surface area contributed by atoms with Crippen molar-refractivity contribution < 1.29 is 5.11 Å². The van der Waals surface area contributed by atoms with E-state index in [0.29, 0.717) is 6.17 Å². The van der Waals surface area contributed by atoms with Gasteiger partial charge in [0, 0.05) is 37.0 Å². The first kappa shape index (κ1) is 14.0. The fraction of sp³-hybridized carbons (Fsp3) is 0.500. The molecule has 0 saturated carbocycles. The quantitative estimate of drug-likeness (QED) is 0.877. The number of hydrogen-bond acceptors (Lipinski definition) is 3. The summed E-state index contributed by atoms with van der Waals surface area (Å²) >= 11 is 0. The molecule has 0 aromatic heterocycles. The van der Waals surface area contributed by atoms with Gasteiger partial charge in [-0.3, -0.25) is 9.80 Å². The third-order valence-corrected chi connectivity index (χ3v) is 6.37. The van der Waals surface area contributed by atoms with Crippen LogP contribution in [0.2, 0.25) is 0 Å². The number of hydrogen-bond donors (Lipinski definition) is 1. The molecule has 4 bridgehead atoms. The van der Waals surface area contributed by atoms with E-state index in [1.807, 2.05) is 0 Å². The topological polar surface area (TPSA) is 26.7 Å². The monoisotopic (exact) mass is 308 g/mol. The minimum atomic E-state index is -0.184. The van der Waals surface area contributed by atoms with Crippen molar-refractivity contribution in [1.82, 2.24) is 9.80 Å². The molecule has 0 unspecified atom stereocenters. The summed E-state index contributed by atoms with van der Waals surface area (Å²) < 4.78 is 0. The summed E-state index contributed by atoms with van der Waals surface area (Å²) in [5, 5.41) is 13.5. The van der Waals surface area contributed by atoms with Crippen LogP contribution in [0.4, 0.5) is 0 Å². The molecule has 4 heterocycles. The Hall–Kier alpha value is -1.42. The van der Waals surface area contributed by atoms with Gasteiger partial charge in [-0.05, 0) is 16.3 Å². The lowest BCUT2D eigenvalue weighted by Gasteiger charge is -2.68. The molecule has 0 aliphatic carbocycles. The number of aliphatic hydroxyl groups is 1. The summed E-state index contributed by atoms with van der Waals surface area (Å²) in [5.41, 5.74) is 1.43. The van der Waals surface area contributed by atoms with Crippen LogP contribution in [0.1, 0.15) is 25.6 Å². The second kappa shape index (κ2) is 4.35. The van der Waals surface area contributed by atoms with E-state index in [0.717, 1.165) is 26.2 Å². The van der Waals surface area contributed by atoms with Gasteiger partial charge in [-0.1, -0.05) is 56.3 Å². The zero-order chi connectivity index (χ0) is 15.8. The number of nitrogens with zero attached hydrogens (tertiary/aromatic N) is 2. The standard InChI is InChI=1S/C20H24N2O/c1-19-10-21-12-20(2,18(19)23)13-22(11-19)17(21)16-9-5-7-14-6-3-4-8-15(14)16/h3-9,17-18,23H,10-13H2,1-2H3. The van der Waals surface area contributed by atoms with Crippen LogP contribution in [0.15, 0.2) is 42.5 Å². The Labute approximate surface area is 137 Å². The van der Waals surface area contributed by atoms with Gasteiger partial charge in [-0.25, -0.2) is 0 Å². The van der Waals surface area contributed by atoms with E-state index in [9.17, 15) is 5.11 Å². The van der Waals surface area contributed by atoms with Crippen LogP contribution in [-0.4, -0.2) is 47.2 Å². The first-order valence-electron chi connectivity index (χ1n) is 8.64. The van der Waals surface area contributed by atoms with Crippen LogP contribution >= 0.6 is 0 Å². The molecule has 6 rings (SSSR count). The molecule has 0 amide bonds. The van der Waals surface area contributed by atoms with E-state index in [-0.39, 0.29) is 16.9 Å². The molecule has 23 heavy (non-hydrogen) atoms. The first-order valence-corrected chi connectivity index (χ1v) is 8.64. The van der Waals surface area contributed by atoms with Gasteiger partial charge in [0.15, 0.2) is 0 Å². The van der Waals surface area contributed by atoms with Gasteiger partial charge >= 0.3 is 0 Å². The van der Waals surface area contributed by atoms with Crippen LogP contribution < -0.4 is 0 Å². The minimum Gasteiger partial charge on any atom is -0.392 e. The largest absolute Gasteiger partial charge is 0.392 e. The molecule has 4 saturated heterocycles. The van der Waals surface area contributed by atoms with E-state index in [1.54, 1.807) is 0 Å². The number of benzene rings is 2. The lowest BCUT2D eigenvalue weighted by atomic mass is 9.60. The summed E-state index contributed by atoms with van der Waals surface area (Å²) in [6.07, 6.45) is 0.172. The fourth-order valence-corrected chi connectivity index (χ4v) is 5.70. The van der Waals surface area contributed by atoms with Crippen molar-refractivity contribution in [1.29, 1.82) is 0 Å². The third-order valence-electron chi connectivity index (χ3n) is 6.37. The lowest BCUT2D eigenvalue weighted by molar-refractivity contribution is -0.253. The van der Waals surface area contributed by atoms with E-state index in [4.69, 9.17) is 0 Å². The fourth-order valence-electron chi connectivity index (χ4n) is 5.70. The maximum Gasteiger partial charge on any atom is 0.0893 e. The number of fused-ring (bicyclic) bond motifs is 1. The SMILES string of the molecule is CC12CN3CC(C)(CN(C1)C3c1cccc3ccccc13)C2O. The molecule has 0 spiro atoms. The van der Waals surface area contributed by atoms with Crippen LogP contribution in [-0.2, 0) is 0 Å². The van der Waals surface area contributed by atoms with E-state index in [2.05, 4.69) is 66.1 Å². The summed E-state index contributed by atoms with van der Waals surface area (Å²) in [6.45, 7) is 8.49. The Morgan fingerprint density at radius 3 is 2.09 bits per heavy atom. The molecule has 0 radical (unpaired) electrons. The van der Waals surface area contributed by atoms with Gasteiger partial charge in [0.25, 0.3) is 0 Å². The van der Waals surface area contributed by atoms with E-state index in [1.165, 1.54) is 16.3 Å². The van der Waals surface area contributed by atoms with E-state index < -0.39 is 0 Å². The van der Waals surface area contributed by atoms with Gasteiger partial charge in [0.05, 0.1) is 12.3 Å². The Morgan fingerprint density at radius 2 is 1.43 bits per heavy atom. The maximum absolute atomic E-state index is 10.8. The van der Waals surface area contributed by atoms with Crippen molar-refractivity contribution in [2.75, 3.05) is 26.2 Å². The number of piperidine rings is 2. The van der Waals surface area contributed by atoms with Crippen molar-refractivity contribution in [2.24, 2.45) is 10.8 Å². The van der Waals surface area contributed by atoms with Crippen LogP contribution in [0.25, 0.3) is 10.8 Å². The number of aliphatic hydroxyl groups excluding tert-OH is 1. The Balaban J connectivity index is 1.64. The summed E-state index contributed by atoms with van der Waals surface area (Å²) in [6, 6.07) is 15.4. The Morgan fingerprint density at radius 1 is 0.870 bits per heavy atom.